The van der Waals surface area contributed by atoms with E-state index in [1.807, 2.05) is 31.2 Å². The molecule has 0 saturated heterocycles. The molecule has 0 fully saturated rings. The molecule has 19 heavy (non-hydrogen) atoms. The number of carboxylic acids is 1. The Morgan fingerprint density at radius 3 is 2.89 bits per heavy atom. The summed E-state index contributed by atoms with van der Waals surface area (Å²) < 4.78 is 5.49. The Morgan fingerprint density at radius 2 is 2.26 bits per heavy atom. The zero-order valence-electron chi connectivity index (χ0n) is 10.7. The van der Waals surface area contributed by atoms with Gasteiger partial charge in [-0.05, 0) is 13.0 Å². The third kappa shape index (κ3) is 5.21. The van der Waals surface area contributed by atoms with Crippen LogP contribution in [0.15, 0.2) is 24.3 Å². The van der Waals surface area contributed by atoms with Crippen molar-refractivity contribution in [2.24, 2.45) is 0 Å². The highest BCUT2D eigenvalue weighted by atomic mass is 32.2. The summed E-state index contributed by atoms with van der Waals surface area (Å²) in [6.07, 6.45) is 0.410. The quantitative estimate of drug-likeness (QED) is 0.672. The summed E-state index contributed by atoms with van der Waals surface area (Å²) in [6, 6.07) is 6.78. The van der Waals surface area contributed by atoms with Gasteiger partial charge in [0.15, 0.2) is 0 Å². The molecule has 104 valence electrons. The van der Waals surface area contributed by atoms with Crippen LogP contribution in [0.1, 0.15) is 12.5 Å². The third-order valence-corrected chi connectivity index (χ3v) is 3.47. The molecule has 5 nitrogen and oxygen atoms in total. The van der Waals surface area contributed by atoms with E-state index >= 15 is 0 Å². The molecule has 0 aromatic heterocycles. The van der Waals surface area contributed by atoms with Crippen molar-refractivity contribution in [3.63, 3.8) is 0 Å². The van der Waals surface area contributed by atoms with Crippen molar-refractivity contribution in [3.8, 4) is 5.75 Å². The van der Waals surface area contributed by atoms with Crippen LogP contribution in [-0.2, 0) is 15.3 Å². The maximum atomic E-state index is 10.8. The molecular formula is C13H17NO4S. The lowest BCUT2D eigenvalue weighted by Gasteiger charge is -2.12. The molecule has 1 amide bonds. The maximum absolute atomic E-state index is 10.8. The number of thioether (sulfide) groups is 1. The smallest absolute Gasteiger partial charge is 0.327 e. The molecule has 1 rings (SSSR count). The third-order valence-electron chi connectivity index (χ3n) is 2.38. The van der Waals surface area contributed by atoms with Gasteiger partial charge in [-0.25, -0.2) is 4.79 Å². The van der Waals surface area contributed by atoms with Crippen molar-refractivity contribution in [1.82, 2.24) is 5.32 Å². The van der Waals surface area contributed by atoms with E-state index in [9.17, 15) is 9.59 Å². The zero-order chi connectivity index (χ0) is 14.1. The normalized spacial score (nSPS) is 11.6. The van der Waals surface area contributed by atoms with Crippen molar-refractivity contribution >= 4 is 24.1 Å². The average molecular weight is 283 g/mol. The number of carboxylic acid groups (broad SMARTS) is 1. The summed E-state index contributed by atoms with van der Waals surface area (Å²) in [5.41, 5.74) is 1.02. The van der Waals surface area contributed by atoms with Crippen molar-refractivity contribution < 1.29 is 19.4 Å². The minimum atomic E-state index is -1.03. The Hall–Kier alpha value is -1.69. The number of aliphatic carboxylic acids is 1. The van der Waals surface area contributed by atoms with Crippen LogP contribution in [0.25, 0.3) is 0 Å². The summed E-state index contributed by atoms with van der Waals surface area (Å²) >= 11 is 1.44. The van der Waals surface area contributed by atoms with E-state index in [2.05, 4.69) is 5.32 Å². The van der Waals surface area contributed by atoms with Gasteiger partial charge >= 0.3 is 5.97 Å². The molecule has 1 unspecified atom stereocenters. The molecule has 0 aliphatic rings. The van der Waals surface area contributed by atoms with Crippen molar-refractivity contribution in [2.45, 2.75) is 18.7 Å². The van der Waals surface area contributed by atoms with E-state index in [0.29, 0.717) is 24.5 Å². The summed E-state index contributed by atoms with van der Waals surface area (Å²) in [5.74, 6) is 0.736. The molecular weight excluding hydrogens is 266 g/mol. The van der Waals surface area contributed by atoms with Crippen LogP contribution >= 0.6 is 11.8 Å². The predicted octanol–water partition coefficient (Wildman–Crippen LogP) is 1.52. The van der Waals surface area contributed by atoms with E-state index in [1.54, 1.807) is 0 Å². The Balaban J connectivity index is 2.52. The van der Waals surface area contributed by atoms with E-state index in [-0.39, 0.29) is 0 Å². The van der Waals surface area contributed by atoms with Crippen LogP contribution in [0, 0.1) is 0 Å². The second kappa shape index (κ2) is 8.42. The fourth-order valence-electron chi connectivity index (χ4n) is 1.48. The van der Waals surface area contributed by atoms with Crippen LogP contribution in [0.2, 0.25) is 0 Å². The van der Waals surface area contributed by atoms with Gasteiger partial charge in [0, 0.05) is 17.1 Å². The summed E-state index contributed by atoms with van der Waals surface area (Å²) in [7, 11) is 0. The topological polar surface area (TPSA) is 75.6 Å². The lowest BCUT2D eigenvalue weighted by molar-refractivity contribution is -0.139. The summed E-state index contributed by atoms with van der Waals surface area (Å²) in [4.78, 5) is 21.1. The average Bonchev–Trinajstić information content (AvgIpc) is 2.40. The minimum absolute atomic E-state index is 0.314. The molecule has 0 radical (unpaired) electrons. The van der Waals surface area contributed by atoms with E-state index in [0.717, 1.165) is 11.3 Å². The van der Waals surface area contributed by atoms with Gasteiger partial charge in [0.2, 0.25) is 6.41 Å². The van der Waals surface area contributed by atoms with Crippen molar-refractivity contribution in [1.29, 1.82) is 0 Å². The Labute approximate surface area is 116 Å². The molecule has 0 aliphatic heterocycles. The molecule has 0 heterocycles. The van der Waals surface area contributed by atoms with Crippen LogP contribution in [0.3, 0.4) is 0 Å². The van der Waals surface area contributed by atoms with Gasteiger partial charge in [-0.15, -0.1) is 0 Å². The van der Waals surface area contributed by atoms with E-state index in [1.165, 1.54) is 11.8 Å². The van der Waals surface area contributed by atoms with Crippen LogP contribution in [0.4, 0.5) is 0 Å². The fraction of sp³-hybridized carbons (Fsp3) is 0.385. The molecule has 0 saturated carbocycles. The molecule has 0 aliphatic carbocycles. The van der Waals surface area contributed by atoms with Crippen LogP contribution in [0.5, 0.6) is 5.75 Å². The minimum Gasteiger partial charge on any atom is -0.494 e. The van der Waals surface area contributed by atoms with Gasteiger partial charge in [-0.1, -0.05) is 18.2 Å². The number of carbonyl (C=O) groups is 2. The second-order valence-electron chi connectivity index (χ2n) is 3.73. The molecule has 1 aromatic carbocycles. The van der Waals surface area contributed by atoms with Gasteiger partial charge in [0.1, 0.15) is 11.8 Å². The molecule has 1 aromatic rings. The van der Waals surface area contributed by atoms with Crippen molar-refractivity contribution in [2.75, 3.05) is 12.4 Å². The molecule has 1 atom stereocenters. The molecule has 2 N–H and O–H groups in total. The number of para-hydroxylation sites is 1. The number of hydrogen-bond acceptors (Lipinski definition) is 4. The van der Waals surface area contributed by atoms with Crippen LogP contribution < -0.4 is 10.1 Å². The Morgan fingerprint density at radius 1 is 1.53 bits per heavy atom. The first-order valence-corrected chi connectivity index (χ1v) is 7.05. The number of rotatable bonds is 9. The molecule has 0 bridgehead atoms. The lowest BCUT2D eigenvalue weighted by atomic mass is 10.2. The summed E-state index contributed by atoms with van der Waals surface area (Å²) in [5, 5.41) is 11.2. The van der Waals surface area contributed by atoms with Gasteiger partial charge in [0.05, 0.1) is 6.61 Å². The standard InChI is InChI=1S/C13H17NO4S/c1-2-18-12-6-4-3-5-10(12)7-19-8-11(13(16)17)14-9-15/h3-6,9,11H,2,7-8H2,1H3,(H,14,15)(H,16,17). The number of benzene rings is 1. The van der Waals surface area contributed by atoms with Gasteiger partial charge in [0.25, 0.3) is 0 Å². The summed E-state index contributed by atoms with van der Waals surface area (Å²) in [6.45, 7) is 2.50. The number of nitrogens with one attached hydrogen (secondary N) is 1. The number of ether oxygens (including phenoxy) is 1. The first kappa shape index (κ1) is 15.4. The number of carbonyl (C=O) groups excluding carboxylic acids is 1. The largest absolute Gasteiger partial charge is 0.494 e. The highest BCUT2D eigenvalue weighted by Gasteiger charge is 2.16. The first-order chi connectivity index (χ1) is 9.19. The Bertz CT molecular complexity index is 425. The van der Waals surface area contributed by atoms with E-state index < -0.39 is 12.0 Å². The number of hydrogen-bond donors (Lipinski definition) is 2. The maximum Gasteiger partial charge on any atom is 0.327 e. The zero-order valence-corrected chi connectivity index (χ0v) is 11.5. The highest BCUT2D eigenvalue weighted by Crippen LogP contribution is 2.23. The van der Waals surface area contributed by atoms with Gasteiger partial charge < -0.3 is 15.2 Å². The number of amides is 1. The van der Waals surface area contributed by atoms with E-state index in [4.69, 9.17) is 9.84 Å². The fourth-order valence-corrected chi connectivity index (χ4v) is 2.53. The highest BCUT2D eigenvalue weighted by molar-refractivity contribution is 7.98. The second-order valence-corrected chi connectivity index (χ2v) is 4.76. The first-order valence-electron chi connectivity index (χ1n) is 5.90. The SMILES string of the molecule is CCOc1ccccc1CSCC(NC=O)C(=O)O. The van der Waals surface area contributed by atoms with Crippen LogP contribution in [-0.4, -0.2) is 35.9 Å². The van der Waals surface area contributed by atoms with Crippen molar-refractivity contribution in [3.05, 3.63) is 29.8 Å². The predicted molar refractivity (Wildman–Crippen MR) is 74.4 cm³/mol. The lowest BCUT2D eigenvalue weighted by Crippen LogP contribution is -2.37. The van der Waals surface area contributed by atoms with Gasteiger partial charge in [-0.2, -0.15) is 11.8 Å². The molecule has 0 spiro atoms. The Kier molecular flexibility index (Phi) is 6.81. The van der Waals surface area contributed by atoms with Gasteiger partial charge in [-0.3, -0.25) is 4.79 Å². The monoisotopic (exact) mass is 283 g/mol. The molecule has 6 heteroatoms.